The summed E-state index contributed by atoms with van der Waals surface area (Å²) in [7, 11) is 0. The molecule has 2 N–H and O–H groups in total. The molecule has 0 atom stereocenters. The van der Waals surface area contributed by atoms with Gasteiger partial charge >= 0.3 is 18.1 Å². The van der Waals surface area contributed by atoms with Gasteiger partial charge in [-0.15, -0.1) is 0 Å². The number of piperazine rings is 1. The van der Waals surface area contributed by atoms with E-state index in [1.807, 2.05) is 0 Å². The summed E-state index contributed by atoms with van der Waals surface area (Å²) >= 11 is 0. The van der Waals surface area contributed by atoms with Crippen LogP contribution in [0.3, 0.4) is 0 Å². The largest absolute Gasteiger partial charge is 0.481 e. The fourth-order valence-corrected chi connectivity index (χ4v) is 1.79. The number of carboxylic acid groups (broad SMARTS) is 1. The number of nitrogens with zero attached hydrogens (tertiary/aromatic N) is 2. The third kappa shape index (κ3) is 4.80. The van der Waals surface area contributed by atoms with E-state index in [4.69, 9.17) is 9.84 Å². The maximum Gasteiger partial charge on any atom is 0.409 e. The van der Waals surface area contributed by atoms with Crippen LogP contribution in [0.4, 0.5) is 9.59 Å². The number of nitrogens with one attached hydrogen (secondary N) is 1. The van der Waals surface area contributed by atoms with E-state index in [1.54, 1.807) is 30.6 Å². The first-order valence-electron chi connectivity index (χ1n) is 6.96. The van der Waals surface area contributed by atoms with Gasteiger partial charge in [0.25, 0.3) is 0 Å². The van der Waals surface area contributed by atoms with Crippen molar-refractivity contribution in [1.82, 2.24) is 15.1 Å². The van der Waals surface area contributed by atoms with Crippen LogP contribution in [0.5, 0.6) is 0 Å². The molecule has 1 saturated heterocycles. The van der Waals surface area contributed by atoms with Gasteiger partial charge in [-0.3, -0.25) is 4.79 Å². The summed E-state index contributed by atoms with van der Waals surface area (Å²) in [5, 5.41) is 11.6. The first kappa shape index (κ1) is 17.1. The van der Waals surface area contributed by atoms with Crippen LogP contribution in [-0.2, 0) is 9.53 Å². The van der Waals surface area contributed by atoms with E-state index in [9.17, 15) is 14.4 Å². The molecule has 0 unspecified atom stereocenters. The molecule has 0 radical (unpaired) electrons. The number of carboxylic acids is 1. The fraction of sp³-hybridized carbons (Fsp3) is 0.769. The number of aliphatic carboxylic acids is 1. The van der Waals surface area contributed by atoms with Gasteiger partial charge in [-0.25, -0.2) is 9.59 Å². The van der Waals surface area contributed by atoms with Crippen molar-refractivity contribution in [2.75, 3.05) is 39.3 Å². The lowest BCUT2D eigenvalue weighted by atomic mass is 9.94. The maximum absolute atomic E-state index is 12.0. The van der Waals surface area contributed by atoms with E-state index in [-0.39, 0.29) is 18.7 Å². The summed E-state index contributed by atoms with van der Waals surface area (Å²) in [6.07, 6.45) is -0.371. The standard InChI is InChI=1S/C13H23N3O5/c1-4-21-12(20)16-7-5-15(6-8-16)11(19)14-9-13(2,3)10(17)18/h4-9H2,1-3H3,(H,14,19)(H,17,18). The maximum atomic E-state index is 12.0. The number of hydrogen-bond acceptors (Lipinski definition) is 4. The van der Waals surface area contributed by atoms with Crippen molar-refractivity contribution in [2.45, 2.75) is 20.8 Å². The Hall–Kier alpha value is -1.99. The van der Waals surface area contributed by atoms with E-state index in [0.29, 0.717) is 32.8 Å². The molecule has 120 valence electrons. The Morgan fingerprint density at radius 3 is 2.14 bits per heavy atom. The van der Waals surface area contributed by atoms with E-state index >= 15 is 0 Å². The lowest BCUT2D eigenvalue weighted by Crippen LogP contribution is -2.54. The third-order valence-electron chi connectivity index (χ3n) is 3.35. The Bertz CT molecular complexity index is 403. The quantitative estimate of drug-likeness (QED) is 0.791. The van der Waals surface area contributed by atoms with E-state index in [1.165, 1.54) is 0 Å². The lowest BCUT2D eigenvalue weighted by Gasteiger charge is -2.34. The minimum atomic E-state index is -1.01. The predicted octanol–water partition coefficient (Wildman–Crippen LogP) is 0.581. The molecule has 0 saturated carbocycles. The van der Waals surface area contributed by atoms with E-state index in [0.717, 1.165) is 0 Å². The molecule has 1 heterocycles. The highest BCUT2D eigenvalue weighted by Gasteiger charge is 2.30. The molecule has 1 fully saturated rings. The highest BCUT2D eigenvalue weighted by Crippen LogP contribution is 2.13. The van der Waals surface area contributed by atoms with Gasteiger partial charge in [-0.2, -0.15) is 0 Å². The third-order valence-corrected chi connectivity index (χ3v) is 3.35. The average molecular weight is 301 g/mol. The highest BCUT2D eigenvalue weighted by atomic mass is 16.6. The van der Waals surface area contributed by atoms with Crippen LogP contribution in [0.15, 0.2) is 0 Å². The van der Waals surface area contributed by atoms with Gasteiger partial charge in [0.05, 0.1) is 12.0 Å². The second-order valence-corrected chi connectivity index (χ2v) is 5.52. The molecule has 0 aromatic heterocycles. The van der Waals surface area contributed by atoms with Gasteiger partial charge in [0.15, 0.2) is 0 Å². The number of amides is 3. The van der Waals surface area contributed by atoms with Crippen molar-refractivity contribution in [2.24, 2.45) is 5.41 Å². The van der Waals surface area contributed by atoms with Gasteiger partial charge in [-0.1, -0.05) is 0 Å². The number of carbonyl (C=O) groups is 3. The minimum absolute atomic E-state index is 0.0548. The fourth-order valence-electron chi connectivity index (χ4n) is 1.79. The molecular formula is C13H23N3O5. The number of ether oxygens (including phenoxy) is 1. The van der Waals surface area contributed by atoms with E-state index in [2.05, 4.69) is 5.32 Å². The molecule has 21 heavy (non-hydrogen) atoms. The smallest absolute Gasteiger partial charge is 0.409 e. The zero-order chi connectivity index (χ0) is 16.0. The molecular weight excluding hydrogens is 278 g/mol. The van der Waals surface area contributed by atoms with Crippen LogP contribution in [0, 0.1) is 5.41 Å². The normalized spacial score (nSPS) is 15.6. The van der Waals surface area contributed by atoms with Crippen molar-refractivity contribution in [3.05, 3.63) is 0 Å². The summed E-state index contributed by atoms with van der Waals surface area (Å²) in [4.78, 5) is 37.6. The van der Waals surface area contributed by atoms with Crippen molar-refractivity contribution < 1.29 is 24.2 Å². The molecule has 8 nitrogen and oxygen atoms in total. The molecule has 3 amide bonds. The first-order valence-corrected chi connectivity index (χ1v) is 6.96. The molecule has 0 bridgehead atoms. The Morgan fingerprint density at radius 2 is 1.67 bits per heavy atom. The molecule has 0 aliphatic carbocycles. The van der Waals surface area contributed by atoms with Crippen LogP contribution < -0.4 is 5.32 Å². The van der Waals surface area contributed by atoms with Crippen LogP contribution in [0.2, 0.25) is 0 Å². The molecule has 0 aromatic carbocycles. The van der Waals surface area contributed by atoms with Gasteiger partial charge in [0, 0.05) is 32.7 Å². The van der Waals surface area contributed by atoms with Crippen LogP contribution >= 0.6 is 0 Å². The summed E-state index contributed by atoms with van der Waals surface area (Å²) in [5.41, 5.74) is -1.01. The number of urea groups is 1. The number of hydrogen-bond donors (Lipinski definition) is 2. The highest BCUT2D eigenvalue weighted by molar-refractivity contribution is 5.78. The van der Waals surface area contributed by atoms with Crippen molar-refractivity contribution in [1.29, 1.82) is 0 Å². The molecule has 1 aliphatic rings. The van der Waals surface area contributed by atoms with Gasteiger partial charge in [0.1, 0.15) is 0 Å². The SMILES string of the molecule is CCOC(=O)N1CCN(C(=O)NCC(C)(C)C(=O)O)CC1. The van der Waals surface area contributed by atoms with Gasteiger partial charge in [-0.05, 0) is 20.8 Å². The average Bonchev–Trinajstić information content (AvgIpc) is 2.45. The Labute approximate surface area is 124 Å². The monoisotopic (exact) mass is 301 g/mol. The van der Waals surface area contributed by atoms with Crippen molar-refractivity contribution in [3.8, 4) is 0 Å². The summed E-state index contributed by atoms with van der Waals surface area (Å²) < 4.78 is 4.90. The molecule has 1 rings (SSSR count). The zero-order valence-electron chi connectivity index (χ0n) is 12.7. The van der Waals surface area contributed by atoms with Gasteiger partial charge in [0.2, 0.25) is 0 Å². The Balaban J connectivity index is 2.39. The Morgan fingerprint density at radius 1 is 1.14 bits per heavy atom. The van der Waals surface area contributed by atoms with E-state index < -0.39 is 11.4 Å². The number of rotatable bonds is 4. The molecule has 0 aromatic rings. The van der Waals surface area contributed by atoms with Crippen LogP contribution in [-0.4, -0.2) is 72.3 Å². The second-order valence-electron chi connectivity index (χ2n) is 5.52. The van der Waals surface area contributed by atoms with Crippen LogP contribution in [0.1, 0.15) is 20.8 Å². The number of carbonyl (C=O) groups excluding carboxylic acids is 2. The summed E-state index contributed by atoms with van der Waals surface area (Å²) in [6, 6.07) is -0.312. The zero-order valence-corrected chi connectivity index (χ0v) is 12.7. The lowest BCUT2D eigenvalue weighted by molar-refractivity contribution is -0.146. The van der Waals surface area contributed by atoms with Gasteiger partial charge < -0.3 is 25.0 Å². The molecule has 0 spiro atoms. The summed E-state index contributed by atoms with van der Waals surface area (Å²) in [5.74, 6) is -0.963. The minimum Gasteiger partial charge on any atom is -0.481 e. The topological polar surface area (TPSA) is 99.2 Å². The first-order chi connectivity index (χ1) is 9.77. The summed E-state index contributed by atoms with van der Waals surface area (Å²) in [6.45, 7) is 6.84. The molecule has 1 aliphatic heterocycles. The van der Waals surface area contributed by atoms with Crippen molar-refractivity contribution in [3.63, 3.8) is 0 Å². The molecule has 8 heteroatoms. The van der Waals surface area contributed by atoms with Crippen LogP contribution in [0.25, 0.3) is 0 Å². The van der Waals surface area contributed by atoms with Crippen molar-refractivity contribution >= 4 is 18.1 Å². The predicted molar refractivity (Wildman–Crippen MR) is 75.0 cm³/mol. The Kier molecular flexibility index (Phi) is 5.80. The second kappa shape index (κ2) is 7.14.